The number of hydrogen-bond acceptors (Lipinski definition) is 4. The molecule has 0 saturated heterocycles. The summed E-state index contributed by atoms with van der Waals surface area (Å²) in [4.78, 5) is 19.1. The molecule has 0 bridgehead atoms. The molecule has 0 fully saturated rings. The van der Waals surface area contributed by atoms with E-state index in [0.29, 0.717) is 39.5 Å². The van der Waals surface area contributed by atoms with Crippen LogP contribution in [0.3, 0.4) is 0 Å². The van der Waals surface area contributed by atoms with E-state index < -0.39 is 6.61 Å². The molecule has 25 heavy (non-hydrogen) atoms. The van der Waals surface area contributed by atoms with E-state index in [4.69, 9.17) is 9.52 Å². The van der Waals surface area contributed by atoms with Crippen LogP contribution in [-0.2, 0) is 0 Å². The van der Waals surface area contributed by atoms with Gasteiger partial charge in [0.25, 0.3) is 0 Å². The summed E-state index contributed by atoms with van der Waals surface area (Å²) in [6.07, 6.45) is 0. The number of hydrogen-bond donors (Lipinski definition) is 2. The van der Waals surface area contributed by atoms with E-state index >= 15 is 0 Å². The van der Waals surface area contributed by atoms with Gasteiger partial charge >= 0.3 is 0 Å². The van der Waals surface area contributed by atoms with E-state index in [1.54, 1.807) is 48.5 Å². The van der Waals surface area contributed by atoms with Gasteiger partial charge in [-0.1, -0.05) is 12.1 Å². The van der Waals surface area contributed by atoms with Gasteiger partial charge in [0, 0.05) is 5.56 Å². The minimum Gasteiger partial charge on any atom is -0.453 e. The van der Waals surface area contributed by atoms with Crippen molar-refractivity contribution in [1.29, 1.82) is 0 Å². The van der Waals surface area contributed by atoms with E-state index in [1.165, 1.54) is 6.07 Å². The zero-order valence-corrected chi connectivity index (χ0v) is 13.0. The summed E-state index contributed by atoms with van der Waals surface area (Å²) in [5.41, 5.74) is 2.09. The molecule has 0 amide bonds. The van der Waals surface area contributed by atoms with Gasteiger partial charge in [-0.05, 0) is 42.5 Å². The fourth-order valence-corrected chi connectivity index (χ4v) is 2.66. The molecule has 0 spiro atoms. The number of Topliss-reactive ketones (excluding diaryl/α,β-unsaturated/α-hetero) is 1. The predicted molar refractivity (Wildman–Crippen MR) is 90.6 cm³/mol. The van der Waals surface area contributed by atoms with Crippen molar-refractivity contribution in [3.63, 3.8) is 0 Å². The largest absolute Gasteiger partial charge is 0.453 e. The van der Waals surface area contributed by atoms with Gasteiger partial charge in [-0.25, -0.2) is 9.37 Å². The van der Waals surface area contributed by atoms with Crippen molar-refractivity contribution in [2.75, 3.05) is 6.61 Å². The molecule has 2 heterocycles. The Morgan fingerprint density at radius 3 is 2.72 bits per heavy atom. The summed E-state index contributed by atoms with van der Waals surface area (Å²) in [5.74, 6) is 0.624. The first-order chi connectivity index (χ1) is 12.2. The van der Waals surface area contributed by atoms with Gasteiger partial charge in [0.2, 0.25) is 0 Å². The molecule has 0 aliphatic rings. The van der Waals surface area contributed by atoms with Crippen molar-refractivity contribution in [3.8, 4) is 22.9 Å². The lowest BCUT2D eigenvalue weighted by Crippen LogP contribution is -2.03. The Kier molecular flexibility index (Phi) is 3.66. The number of furan rings is 1. The van der Waals surface area contributed by atoms with Crippen LogP contribution in [0.15, 0.2) is 59.0 Å². The Labute approximate surface area is 141 Å². The number of fused-ring (bicyclic) bond motifs is 1. The van der Waals surface area contributed by atoms with E-state index in [0.717, 1.165) is 0 Å². The Morgan fingerprint density at radius 1 is 1.12 bits per heavy atom. The van der Waals surface area contributed by atoms with Crippen molar-refractivity contribution >= 4 is 16.8 Å². The second-order valence-electron chi connectivity index (χ2n) is 5.54. The Morgan fingerprint density at radius 2 is 1.92 bits per heavy atom. The zero-order chi connectivity index (χ0) is 17.4. The van der Waals surface area contributed by atoms with Crippen LogP contribution in [0.1, 0.15) is 10.4 Å². The summed E-state index contributed by atoms with van der Waals surface area (Å²) in [7, 11) is 0. The topological polar surface area (TPSA) is 79.1 Å². The maximum atomic E-state index is 13.9. The molecular formula is C19H13FN2O3. The van der Waals surface area contributed by atoms with E-state index in [9.17, 15) is 9.18 Å². The molecule has 0 atom stereocenters. The SMILES string of the molecule is O=C(CO)c1ccc2nc(-c3ccc(-c4ccccc4F)o3)[nH]c2c1. The smallest absolute Gasteiger partial charge is 0.188 e. The van der Waals surface area contributed by atoms with Crippen molar-refractivity contribution in [1.82, 2.24) is 9.97 Å². The first-order valence-electron chi connectivity index (χ1n) is 7.64. The summed E-state index contributed by atoms with van der Waals surface area (Å²) >= 11 is 0. The number of carbonyl (C=O) groups excluding carboxylic acids is 1. The summed E-state index contributed by atoms with van der Waals surface area (Å²) in [6, 6.07) is 14.7. The summed E-state index contributed by atoms with van der Waals surface area (Å²) < 4.78 is 19.6. The van der Waals surface area contributed by atoms with Crippen LogP contribution in [0, 0.1) is 5.82 Å². The Bertz CT molecular complexity index is 1080. The minimum absolute atomic E-state index is 0.361. The molecule has 0 aliphatic carbocycles. The number of nitrogens with one attached hydrogen (secondary N) is 1. The maximum absolute atomic E-state index is 13.9. The Balaban J connectivity index is 1.73. The normalized spacial score (nSPS) is 11.1. The molecule has 2 N–H and O–H groups in total. The highest BCUT2D eigenvalue weighted by molar-refractivity contribution is 5.99. The molecule has 0 radical (unpaired) electrons. The van der Waals surface area contributed by atoms with Gasteiger partial charge in [-0.15, -0.1) is 0 Å². The molecule has 4 aromatic rings. The third-order valence-electron chi connectivity index (χ3n) is 3.93. The number of H-pyrrole nitrogens is 1. The number of nitrogens with zero attached hydrogens (tertiary/aromatic N) is 1. The van der Waals surface area contributed by atoms with Crippen LogP contribution in [0.2, 0.25) is 0 Å². The van der Waals surface area contributed by atoms with Gasteiger partial charge in [0.1, 0.15) is 18.2 Å². The standard InChI is InChI=1S/C19H13FN2O3/c20-13-4-2-1-3-12(13)17-7-8-18(25-17)19-21-14-6-5-11(16(24)10-23)9-15(14)22-19/h1-9,23H,10H2,(H,21,22). The van der Waals surface area contributed by atoms with Crippen LogP contribution in [0.5, 0.6) is 0 Å². The minimum atomic E-state index is -0.545. The fourth-order valence-electron chi connectivity index (χ4n) is 2.66. The number of ketones is 1. The van der Waals surface area contributed by atoms with Crippen molar-refractivity contribution < 1.29 is 18.7 Å². The lowest BCUT2D eigenvalue weighted by molar-refractivity contribution is 0.0904. The molecule has 4 rings (SSSR count). The molecule has 2 aromatic heterocycles. The lowest BCUT2D eigenvalue weighted by atomic mass is 10.1. The van der Waals surface area contributed by atoms with Gasteiger partial charge in [-0.2, -0.15) is 0 Å². The van der Waals surface area contributed by atoms with Crippen LogP contribution in [0.4, 0.5) is 4.39 Å². The van der Waals surface area contributed by atoms with Crippen LogP contribution in [-0.4, -0.2) is 27.5 Å². The number of carbonyl (C=O) groups is 1. The average molecular weight is 336 g/mol. The first kappa shape index (κ1) is 15.3. The number of imidazole rings is 1. The van der Waals surface area contributed by atoms with Crippen LogP contribution in [0.25, 0.3) is 33.9 Å². The highest BCUT2D eigenvalue weighted by atomic mass is 19.1. The second-order valence-corrected chi connectivity index (χ2v) is 5.54. The summed E-state index contributed by atoms with van der Waals surface area (Å²) in [6.45, 7) is -0.545. The molecule has 2 aromatic carbocycles. The number of rotatable bonds is 4. The molecule has 6 heteroatoms. The third-order valence-corrected chi connectivity index (χ3v) is 3.93. The van der Waals surface area contributed by atoms with E-state index in [2.05, 4.69) is 9.97 Å². The van der Waals surface area contributed by atoms with Gasteiger partial charge in [0.15, 0.2) is 17.4 Å². The molecule has 124 valence electrons. The van der Waals surface area contributed by atoms with Crippen molar-refractivity contribution in [3.05, 3.63) is 66.0 Å². The second kappa shape index (κ2) is 5.99. The number of aliphatic hydroxyl groups excluding tert-OH is 1. The van der Waals surface area contributed by atoms with E-state index in [-0.39, 0.29) is 11.6 Å². The monoisotopic (exact) mass is 336 g/mol. The molecule has 0 aliphatic heterocycles. The number of halogens is 1. The number of benzene rings is 2. The molecule has 5 nitrogen and oxygen atoms in total. The number of aromatic amines is 1. The fraction of sp³-hybridized carbons (Fsp3) is 0.0526. The summed E-state index contributed by atoms with van der Waals surface area (Å²) in [5, 5.41) is 8.96. The van der Waals surface area contributed by atoms with Gasteiger partial charge in [0.05, 0.1) is 16.6 Å². The van der Waals surface area contributed by atoms with Crippen LogP contribution >= 0.6 is 0 Å². The highest BCUT2D eigenvalue weighted by Gasteiger charge is 2.14. The highest BCUT2D eigenvalue weighted by Crippen LogP contribution is 2.29. The molecular weight excluding hydrogens is 323 g/mol. The number of aliphatic hydroxyl groups is 1. The first-order valence-corrected chi connectivity index (χ1v) is 7.64. The quantitative estimate of drug-likeness (QED) is 0.556. The van der Waals surface area contributed by atoms with Gasteiger partial charge < -0.3 is 14.5 Å². The van der Waals surface area contributed by atoms with E-state index in [1.807, 2.05) is 0 Å². The predicted octanol–water partition coefficient (Wildman–Crippen LogP) is 3.80. The molecule has 0 saturated carbocycles. The maximum Gasteiger partial charge on any atom is 0.188 e. The average Bonchev–Trinajstić information content (AvgIpc) is 3.27. The third kappa shape index (κ3) is 2.72. The lowest BCUT2D eigenvalue weighted by Gasteiger charge is -1.98. The van der Waals surface area contributed by atoms with Gasteiger partial charge in [-0.3, -0.25) is 4.79 Å². The Hall–Kier alpha value is -3.25. The van der Waals surface area contributed by atoms with Crippen molar-refractivity contribution in [2.45, 2.75) is 0 Å². The zero-order valence-electron chi connectivity index (χ0n) is 13.0. The molecule has 0 unspecified atom stereocenters. The van der Waals surface area contributed by atoms with Crippen molar-refractivity contribution in [2.24, 2.45) is 0 Å². The number of aromatic nitrogens is 2. The van der Waals surface area contributed by atoms with Crippen LogP contribution < -0.4 is 0 Å².